The molecule has 1 heterocycles. The van der Waals surface area contributed by atoms with Gasteiger partial charge in [-0.2, -0.15) is 5.26 Å². The van der Waals surface area contributed by atoms with Crippen molar-refractivity contribution >= 4 is 17.4 Å². The minimum atomic E-state index is 0.223. The van der Waals surface area contributed by atoms with Gasteiger partial charge in [-0.15, -0.1) is 0 Å². The van der Waals surface area contributed by atoms with Gasteiger partial charge in [0, 0.05) is 16.1 Å². The molecule has 3 aromatic rings. The third-order valence-electron chi connectivity index (χ3n) is 5.36. The largest absolute Gasteiger partial charge is 0.494 e. The van der Waals surface area contributed by atoms with Crippen LogP contribution in [-0.2, 0) is 0 Å². The van der Waals surface area contributed by atoms with Crippen molar-refractivity contribution in [1.82, 2.24) is 4.98 Å². The Morgan fingerprint density at radius 2 is 1.61 bits per heavy atom. The Bertz CT molecular complexity index is 1050. The minimum Gasteiger partial charge on any atom is -0.494 e. The topological polar surface area (TPSA) is 71.9 Å². The van der Waals surface area contributed by atoms with Gasteiger partial charge >= 0.3 is 0 Å². The van der Waals surface area contributed by atoms with E-state index in [-0.39, 0.29) is 5.82 Å². The summed E-state index contributed by atoms with van der Waals surface area (Å²) in [5.74, 6) is 1.05. The van der Waals surface area contributed by atoms with Crippen molar-refractivity contribution in [2.45, 2.75) is 46.0 Å². The summed E-state index contributed by atoms with van der Waals surface area (Å²) in [6.07, 6.45) is 6.04. The number of halogens is 1. The molecule has 0 unspecified atom stereocenters. The number of anilines is 1. The molecule has 0 bridgehead atoms. The molecule has 5 heteroatoms. The number of pyridine rings is 1. The second-order valence-corrected chi connectivity index (χ2v) is 8.06. The van der Waals surface area contributed by atoms with Crippen LogP contribution in [0.1, 0.15) is 50.2 Å². The molecule has 1 aromatic heterocycles. The van der Waals surface area contributed by atoms with E-state index in [9.17, 15) is 5.26 Å². The monoisotopic (exact) mass is 433 g/mol. The van der Waals surface area contributed by atoms with Crippen molar-refractivity contribution < 1.29 is 4.74 Å². The summed E-state index contributed by atoms with van der Waals surface area (Å²) >= 11 is 6.03. The van der Waals surface area contributed by atoms with Crippen LogP contribution in [0.25, 0.3) is 22.4 Å². The fourth-order valence-electron chi connectivity index (χ4n) is 3.67. The van der Waals surface area contributed by atoms with Crippen LogP contribution >= 0.6 is 11.6 Å². The fourth-order valence-corrected chi connectivity index (χ4v) is 3.80. The maximum atomic E-state index is 9.73. The lowest BCUT2D eigenvalue weighted by Crippen LogP contribution is -2.03. The molecule has 0 atom stereocenters. The molecule has 0 aliphatic heterocycles. The molecule has 3 rings (SSSR count). The number of benzene rings is 2. The number of nitrogens with two attached hydrogens (primary N) is 1. The molecule has 0 saturated heterocycles. The van der Waals surface area contributed by atoms with Gasteiger partial charge in [0.2, 0.25) is 0 Å². The second kappa shape index (κ2) is 10.8. The van der Waals surface area contributed by atoms with E-state index in [0.29, 0.717) is 17.2 Å². The summed E-state index contributed by atoms with van der Waals surface area (Å²) in [4.78, 5) is 4.51. The number of ether oxygens (including phenoxy) is 1. The van der Waals surface area contributed by atoms with E-state index in [1.165, 1.54) is 25.7 Å². The lowest BCUT2D eigenvalue weighted by atomic mass is 9.93. The maximum absolute atomic E-state index is 9.73. The van der Waals surface area contributed by atoms with Crippen molar-refractivity contribution in [3.8, 4) is 34.2 Å². The van der Waals surface area contributed by atoms with Crippen LogP contribution in [0.4, 0.5) is 5.82 Å². The van der Waals surface area contributed by atoms with E-state index in [2.05, 4.69) is 18.0 Å². The summed E-state index contributed by atoms with van der Waals surface area (Å²) < 4.78 is 5.88. The fraction of sp³-hybridized carbons (Fsp3) is 0.308. The van der Waals surface area contributed by atoms with Gasteiger partial charge in [-0.05, 0) is 48.7 Å². The average Bonchev–Trinajstić information content (AvgIpc) is 2.78. The van der Waals surface area contributed by atoms with Crippen LogP contribution < -0.4 is 10.5 Å². The normalized spacial score (nSPS) is 10.6. The Morgan fingerprint density at radius 3 is 2.26 bits per heavy atom. The number of unbranched alkanes of at least 4 members (excludes halogenated alkanes) is 4. The number of aromatic nitrogens is 1. The van der Waals surface area contributed by atoms with Crippen molar-refractivity contribution in [3.63, 3.8) is 0 Å². The summed E-state index contributed by atoms with van der Waals surface area (Å²) in [5.41, 5.74) is 10.8. The summed E-state index contributed by atoms with van der Waals surface area (Å²) in [6.45, 7) is 4.90. The van der Waals surface area contributed by atoms with Crippen molar-refractivity contribution in [2.24, 2.45) is 0 Å². The third-order valence-corrected chi connectivity index (χ3v) is 5.61. The predicted octanol–water partition coefficient (Wildman–Crippen LogP) is 7.18. The van der Waals surface area contributed by atoms with Crippen LogP contribution in [-0.4, -0.2) is 11.6 Å². The first-order chi connectivity index (χ1) is 15.0. The van der Waals surface area contributed by atoms with Gasteiger partial charge in [-0.25, -0.2) is 4.98 Å². The molecular weight excluding hydrogens is 406 g/mol. The third kappa shape index (κ3) is 5.57. The smallest absolute Gasteiger partial charge is 0.142 e. The van der Waals surface area contributed by atoms with Crippen molar-refractivity contribution in [2.75, 3.05) is 12.3 Å². The second-order valence-electron chi connectivity index (χ2n) is 7.63. The molecule has 160 valence electrons. The van der Waals surface area contributed by atoms with Gasteiger partial charge in [-0.3, -0.25) is 0 Å². The number of nitrogens with zero attached hydrogens (tertiary/aromatic N) is 2. The highest BCUT2D eigenvalue weighted by Gasteiger charge is 2.18. The van der Waals surface area contributed by atoms with E-state index in [1.54, 1.807) is 0 Å². The van der Waals surface area contributed by atoms with E-state index >= 15 is 0 Å². The van der Waals surface area contributed by atoms with Gasteiger partial charge in [0.25, 0.3) is 0 Å². The van der Waals surface area contributed by atoms with Gasteiger partial charge in [-0.1, -0.05) is 68.5 Å². The molecule has 0 aliphatic carbocycles. The molecule has 31 heavy (non-hydrogen) atoms. The minimum absolute atomic E-state index is 0.223. The highest BCUT2D eigenvalue weighted by molar-refractivity contribution is 6.30. The zero-order valence-corrected chi connectivity index (χ0v) is 18.9. The summed E-state index contributed by atoms with van der Waals surface area (Å²) in [7, 11) is 0. The predicted molar refractivity (Wildman–Crippen MR) is 128 cm³/mol. The first kappa shape index (κ1) is 22.7. The Morgan fingerprint density at radius 1 is 0.968 bits per heavy atom. The lowest BCUT2D eigenvalue weighted by molar-refractivity contribution is 0.304. The van der Waals surface area contributed by atoms with E-state index in [0.717, 1.165) is 40.1 Å². The summed E-state index contributed by atoms with van der Waals surface area (Å²) in [5, 5.41) is 10.4. The number of rotatable bonds is 9. The molecule has 0 radical (unpaired) electrons. The lowest BCUT2D eigenvalue weighted by Gasteiger charge is -2.15. The molecule has 0 amide bonds. The molecule has 0 aliphatic rings. The van der Waals surface area contributed by atoms with Gasteiger partial charge < -0.3 is 10.5 Å². The van der Waals surface area contributed by atoms with E-state index < -0.39 is 0 Å². The molecule has 2 aromatic carbocycles. The van der Waals surface area contributed by atoms with Gasteiger partial charge in [0.15, 0.2) is 0 Å². The molecule has 0 fully saturated rings. The van der Waals surface area contributed by atoms with Crippen LogP contribution in [0.3, 0.4) is 0 Å². The highest BCUT2D eigenvalue weighted by atomic mass is 35.5. The molecule has 0 spiro atoms. The Kier molecular flexibility index (Phi) is 7.92. The molecule has 2 N–H and O–H groups in total. The molecule has 0 saturated carbocycles. The van der Waals surface area contributed by atoms with Crippen LogP contribution in [0, 0.1) is 18.3 Å². The van der Waals surface area contributed by atoms with Gasteiger partial charge in [0.05, 0.1) is 12.3 Å². The first-order valence-corrected chi connectivity index (χ1v) is 11.1. The number of hydrogen-bond acceptors (Lipinski definition) is 4. The van der Waals surface area contributed by atoms with E-state index in [4.69, 9.17) is 22.1 Å². The van der Waals surface area contributed by atoms with Crippen molar-refractivity contribution in [3.05, 3.63) is 64.7 Å². The van der Waals surface area contributed by atoms with Gasteiger partial charge in [0.1, 0.15) is 23.2 Å². The number of hydrogen-bond donors (Lipinski definition) is 1. The zero-order valence-electron chi connectivity index (χ0n) is 18.1. The molecule has 4 nitrogen and oxygen atoms in total. The van der Waals surface area contributed by atoms with Crippen molar-refractivity contribution in [1.29, 1.82) is 5.26 Å². The Hall–Kier alpha value is -3.03. The summed E-state index contributed by atoms with van der Waals surface area (Å²) in [6, 6.07) is 17.5. The zero-order chi connectivity index (χ0) is 22.2. The quantitative estimate of drug-likeness (QED) is 0.362. The standard InChI is InChI=1S/C26H28ClN3O/c1-3-4-5-6-7-16-31-22-14-10-19(11-15-22)24-18(2)25(30-26(29)23(24)17-28)20-8-12-21(27)13-9-20/h8-15H,3-7,16H2,1-2H3,(H2,29,30). The van der Waals surface area contributed by atoms with Crippen LogP contribution in [0.15, 0.2) is 48.5 Å². The average molecular weight is 434 g/mol. The first-order valence-electron chi connectivity index (χ1n) is 10.7. The number of nitrogen functional groups attached to an aromatic ring is 1. The maximum Gasteiger partial charge on any atom is 0.142 e. The Balaban J connectivity index is 1.86. The van der Waals surface area contributed by atoms with E-state index in [1.807, 2.05) is 55.5 Å². The van der Waals surface area contributed by atoms with Crippen LogP contribution in [0.2, 0.25) is 5.02 Å². The molecular formula is C26H28ClN3O. The number of nitriles is 1. The SMILES string of the molecule is CCCCCCCOc1ccc(-c2c(C)c(-c3ccc(Cl)cc3)nc(N)c2C#N)cc1. The highest BCUT2D eigenvalue weighted by Crippen LogP contribution is 2.36. The Labute approximate surface area is 189 Å². The van der Waals surface area contributed by atoms with Crippen LogP contribution in [0.5, 0.6) is 5.75 Å².